The molecule has 0 bridgehead atoms. The number of ether oxygens (including phenoxy) is 3. The lowest BCUT2D eigenvalue weighted by atomic mass is 9.80. The molecule has 0 radical (unpaired) electrons. The Labute approximate surface area is 274 Å². The van der Waals surface area contributed by atoms with Crippen LogP contribution in [0.3, 0.4) is 0 Å². The summed E-state index contributed by atoms with van der Waals surface area (Å²) < 4.78 is 17.7. The minimum absolute atomic E-state index is 0.01000. The zero-order chi connectivity index (χ0) is 34.0. The molecule has 48 heavy (non-hydrogen) atoms. The molecule has 0 saturated heterocycles. The van der Waals surface area contributed by atoms with Crippen molar-refractivity contribution in [3.63, 3.8) is 0 Å². The van der Waals surface area contributed by atoms with Gasteiger partial charge in [0.2, 0.25) is 10.9 Å². The SMILES string of the molecule is COc1c2c3c4c(c(NC5(CO)CC5)c(=O)c5c(NC6(CO)CC6)cc(OC)c(c6c(OC)cc(O)c(c1=O)c63)c54)C=C(C)C2C(C)=O. The lowest BCUT2D eigenvalue weighted by Gasteiger charge is -2.27. The first-order valence-electron chi connectivity index (χ1n) is 16.0. The molecule has 1 atom stereocenters. The van der Waals surface area contributed by atoms with Crippen LogP contribution in [0.2, 0.25) is 0 Å². The number of rotatable bonds is 10. The van der Waals surface area contributed by atoms with Gasteiger partial charge in [-0.05, 0) is 44.9 Å². The molecule has 5 aromatic carbocycles. The summed E-state index contributed by atoms with van der Waals surface area (Å²) in [6, 6.07) is 3.10. The van der Waals surface area contributed by atoms with E-state index in [0.717, 1.165) is 0 Å². The first-order valence-corrected chi connectivity index (χ1v) is 16.0. The number of anilines is 2. The fourth-order valence-electron chi connectivity index (χ4n) is 8.00. The van der Waals surface area contributed by atoms with Crippen molar-refractivity contribution < 1.29 is 34.3 Å². The number of phenols is 1. The minimum atomic E-state index is -0.916. The summed E-state index contributed by atoms with van der Waals surface area (Å²) in [5, 5.41) is 42.1. The molecule has 0 aromatic heterocycles. The summed E-state index contributed by atoms with van der Waals surface area (Å²) in [7, 11) is 4.33. The van der Waals surface area contributed by atoms with Gasteiger partial charge in [-0.2, -0.15) is 0 Å². The maximum absolute atomic E-state index is 15.1. The predicted molar refractivity (Wildman–Crippen MR) is 185 cm³/mol. The Morgan fingerprint density at radius 2 is 1.38 bits per heavy atom. The van der Waals surface area contributed by atoms with E-state index in [1.165, 1.54) is 34.3 Å². The summed E-state index contributed by atoms with van der Waals surface area (Å²) >= 11 is 0. The number of benzene rings is 5. The highest BCUT2D eigenvalue weighted by Gasteiger charge is 2.45. The van der Waals surface area contributed by atoms with Crippen LogP contribution in [0.15, 0.2) is 27.3 Å². The molecule has 5 aromatic rings. The van der Waals surface area contributed by atoms with Crippen LogP contribution in [0.25, 0.3) is 49.2 Å². The first kappa shape index (κ1) is 30.5. The van der Waals surface area contributed by atoms with Crippen molar-refractivity contribution in [2.24, 2.45) is 0 Å². The minimum Gasteiger partial charge on any atom is -0.507 e. The molecule has 8 rings (SSSR count). The molecule has 3 aliphatic carbocycles. The topological polar surface area (TPSA) is 164 Å². The molecule has 11 heteroatoms. The van der Waals surface area contributed by atoms with Crippen molar-refractivity contribution in [3.05, 3.63) is 49.3 Å². The summed E-state index contributed by atoms with van der Waals surface area (Å²) in [6.07, 6.45) is 4.54. The zero-order valence-electron chi connectivity index (χ0n) is 27.3. The number of hydrogen-bond acceptors (Lipinski definition) is 11. The van der Waals surface area contributed by atoms with Gasteiger partial charge in [0.1, 0.15) is 23.0 Å². The number of nitrogens with one attached hydrogen (secondary N) is 2. The molecular weight excluding hydrogens is 616 g/mol. The van der Waals surface area contributed by atoms with Gasteiger partial charge in [0.15, 0.2) is 5.75 Å². The number of methoxy groups -OCH3 is 3. The van der Waals surface area contributed by atoms with Crippen molar-refractivity contribution in [2.45, 2.75) is 56.5 Å². The van der Waals surface area contributed by atoms with Crippen molar-refractivity contribution in [2.75, 3.05) is 45.2 Å². The third kappa shape index (κ3) is 3.85. The standard InChI is InChI=1S/C37H36N2O9/c1-15-10-17-23-28-24(33(44)32(17)39-37(14-41)8-9-37)18(38-36(13-40)6-7-36)11-20(46-3)26(28)27-21(47-4)12-19(43)25-30(27)29(23)31(22(15)16(2)42)35(48-5)34(25)45/h10-12,22,38-41,43H,6-9,13-14H2,1-5H3. The Morgan fingerprint density at radius 1 is 0.792 bits per heavy atom. The number of Topliss-reactive ketones (excluding diaryl/α,β-unsaturated/α-hetero) is 1. The Hall–Kier alpha value is -4.87. The second-order valence-corrected chi connectivity index (χ2v) is 13.7. The van der Waals surface area contributed by atoms with Crippen LogP contribution in [-0.4, -0.2) is 66.7 Å². The molecule has 2 saturated carbocycles. The van der Waals surface area contributed by atoms with Gasteiger partial charge in [0, 0.05) is 50.2 Å². The van der Waals surface area contributed by atoms with Gasteiger partial charge in [0.25, 0.3) is 0 Å². The Kier molecular flexibility index (Phi) is 6.39. The highest BCUT2D eigenvalue weighted by Crippen LogP contribution is 2.57. The van der Waals surface area contributed by atoms with Crippen molar-refractivity contribution in [1.29, 1.82) is 0 Å². The smallest absolute Gasteiger partial charge is 0.232 e. The Morgan fingerprint density at radius 3 is 1.92 bits per heavy atom. The van der Waals surface area contributed by atoms with Gasteiger partial charge in [-0.1, -0.05) is 11.6 Å². The maximum atomic E-state index is 15.1. The molecular formula is C37H36N2O9. The van der Waals surface area contributed by atoms with Crippen molar-refractivity contribution >= 4 is 66.3 Å². The molecule has 2 fully saturated rings. The van der Waals surface area contributed by atoms with Crippen LogP contribution in [0.4, 0.5) is 11.4 Å². The largest absolute Gasteiger partial charge is 0.507 e. The monoisotopic (exact) mass is 652 g/mol. The number of ketones is 1. The van der Waals surface area contributed by atoms with E-state index in [1.807, 2.05) is 6.08 Å². The molecule has 248 valence electrons. The highest BCUT2D eigenvalue weighted by atomic mass is 16.5. The predicted octanol–water partition coefficient (Wildman–Crippen LogP) is 4.59. The van der Waals surface area contributed by atoms with E-state index in [-0.39, 0.29) is 52.7 Å². The molecule has 0 heterocycles. The van der Waals surface area contributed by atoms with Crippen LogP contribution in [0, 0.1) is 0 Å². The second-order valence-electron chi connectivity index (χ2n) is 13.7. The Bertz CT molecular complexity index is 2390. The molecule has 0 spiro atoms. The average molecular weight is 653 g/mol. The van der Waals surface area contributed by atoms with Gasteiger partial charge in [-0.15, -0.1) is 0 Å². The molecule has 1 unspecified atom stereocenters. The number of aromatic hydroxyl groups is 1. The molecule has 0 aliphatic heterocycles. The van der Waals surface area contributed by atoms with Gasteiger partial charge in [-0.3, -0.25) is 14.4 Å². The van der Waals surface area contributed by atoms with E-state index in [2.05, 4.69) is 10.6 Å². The number of aliphatic hydroxyl groups excluding tert-OH is 2. The number of allylic oxidation sites excluding steroid dienone is 1. The van der Waals surface area contributed by atoms with E-state index in [9.17, 15) is 24.9 Å². The lowest BCUT2D eigenvalue weighted by Crippen LogP contribution is -2.30. The number of carbonyl (C=O) groups excluding carboxylic acids is 1. The van der Waals surface area contributed by atoms with Crippen LogP contribution in [0.5, 0.6) is 23.0 Å². The average Bonchev–Trinajstić information content (AvgIpc) is 4.00. The van der Waals surface area contributed by atoms with E-state index < -0.39 is 22.4 Å². The summed E-state index contributed by atoms with van der Waals surface area (Å²) in [5.41, 5.74) is -0.0838. The van der Waals surface area contributed by atoms with E-state index >= 15 is 4.79 Å². The fraction of sp³-hybridized carbons (Fsp3) is 0.378. The number of fused-ring (bicyclic) bond motifs is 1. The fourth-order valence-corrected chi connectivity index (χ4v) is 8.00. The van der Waals surface area contributed by atoms with E-state index in [1.54, 1.807) is 13.0 Å². The molecule has 3 aliphatic rings. The maximum Gasteiger partial charge on any atom is 0.232 e. The third-order valence-corrected chi connectivity index (χ3v) is 10.8. The normalized spacial score (nSPS) is 18.7. The lowest BCUT2D eigenvalue weighted by molar-refractivity contribution is -0.117. The van der Waals surface area contributed by atoms with Crippen molar-refractivity contribution in [3.8, 4) is 23.0 Å². The third-order valence-electron chi connectivity index (χ3n) is 10.8. The van der Waals surface area contributed by atoms with Crippen LogP contribution < -0.4 is 35.7 Å². The second kappa shape index (κ2) is 10.1. The van der Waals surface area contributed by atoms with Gasteiger partial charge >= 0.3 is 0 Å². The van der Waals surface area contributed by atoms with Crippen molar-refractivity contribution in [1.82, 2.24) is 0 Å². The summed E-state index contributed by atoms with van der Waals surface area (Å²) in [4.78, 5) is 43.0. The summed E-state index contributed by atoms with van der Waals surface area (Å²) in [6.45, 7) is 2.91. The molecule has 5 N–H and O–H groups in total. The van der Waals surface area contributed by atoms with Gasteiger partial charge in [-0.25, -0.2) is 0 Å². The molecule has 0 amide bonds. The zero-order valence-corrected chi connectivity index (χ0v) is 27.3. The molecule has 11 nitrogen and oxygen atoms in total. The quantitative estimate of drug-likeness (QED) is 0.106. The first-order chi connectivity index (χ1) is 23.0. The number of carbonyl (C=O) groups is 1. The summed E-state index contributed by atoms with van der Waals surface area (Å²) in [5.74, 6) is -0.927. The van der Waals surface area contributed by atoms with Crippen LogP contribution >= 0.6 is 0 Å². The van der Waals surface area contributed by atoms with Gasteiger partial charge < -0.3 is 40.2 Å². The number of hydrogen-bond donors (Lipinski definition) is 5. The van der Waals surface area contributed by atoms with E-state index in [0.29, 0.717) is 91.5 Å². The highest BCUT2D eigenvalue weighted by molar-refractivity contribution is 6.40. The van der Waals surface area contributed by atoms with Gasteiger partial charge in [0.05, 0.1) is 73.7 Å². The Balaban J connectivity index is 1.76. The van der Waals surface area contributed by atoms with Crippen LogP contribution in [0.1, 0.15) is 56.6 Å². The van der Waals surface area contributed by atoms with Crippen LogP contribution in [-0.2, 0) is 4.79 Å². The van der Waals surface area contributed by atoms with E-state index in [4.69, 9.17) is 14.2 Å². The number of phenolic OH excluding ortho intramolecular Hbond substituents is 1. The number of aliphatic hydroxyl groups is 2.